The number of anilines is 1. The van der Waals surface area contributed by atoms with Gasteiger partial charge in [-0.1, -0.05) is 6.07 Å². The molecular formula is C14H12N2O4S2. The number of sulfonamides is 1. The first kappa shape index (κ1) is 16.0. The second kappa shape index (κ2) is 6.60. The van der Waals surface area contributed by atoms with E-state index in [4.69, 9.17) is 10.00 Å². The lowest BCUT2D eigenvalue weighted by molar-refractivity contribution is 0.0435. The van der Waals surface area contributed by atoms with Crippen LogP contribution in [0.3, 0.4) is 0 Å². The number of esters is 1. The first-order valence-corrected chi connectivity index (χ1v) is 8.55. The zero-order valence-electron chi connectivity index (χ0n) is 11.5. The van der Waals surface area contributed by atoms with Crippen LogP contribution < -0.4 is 4.72 Å². The fraction of sp³-hybridized carbons (Fsp3) is 0.143. The summed E-state index contributed by atoms with van der Waals surface area (Å²) >= 11 is 1.11. The molecule has 8 heteroatoms. The number of nitriles is 1. The minimum Gasteiger partial charge on any atom is -0.444 e. The summed E-state index contributed by atoms with van der Waals surface area (Å²) in [6.45, 7) is 1.46. The SMILES string of the molecule is C[C@H](C#N)OC(=O)c1ccc(NS(=O)(=O)c2cccs2)cc1. The van der Waals surface area contributed by atoms with Crippen LogP contribution in [-0.2, 0) is 14.8 Å². The van der Waals surface area contributed by atoms with Gasteiger partial charge in [0.05, 0.1) is 5.56 Å². The fourth-order valence-corrected chi connectivity index (χ4v) is 3.60. The summed E-state index contributed by atoms with van der Waals surface area (Å²) < 4.78 is 31.5. The molecule has 1 aromatic heterocycles. The van der Waals surface area contributed by atoms with Crippen molar-refractivity contribution in [3.63, 3.8) is 0 Å². The Balaban J connectivity index is 2.10. The van der Waals surface area contributed by atoms with E-state index in [2.05, 4.69) is 4.72 Å². The number of ether oxygens (including phenoxy) is 1. The van der Waals surface area contributed by atoms with E-state index in [-0.39, 0.29) is 9.77 Å². The third kappa shape index (κ3) is 3.84. The number of hydrogen-bond acceptors (Lipinski definition) is 6. The van der Waals surface area contributed by atoms with Gasteiger partial charge in [-0.25, -0.2) is 13.2 Å². The summed E-state index contributed by atoms with van der Waals surface area (Å²) in [5.41, 5.74) is 0.569. The second-order valence-corrected chi connectivity index (χ2v) is 7.15. The lowest BCUT2D eigenvalue weighted by Gasteiger charge is -2.08. The Kier molecular flexibility index (Phi) is 4.80. The van der Waals surface area contributed by atoms with Gasteiger partial charge >= 0.3 is 5.97 Å². The predicted molar refractivity (Wildman–Crippen MR) is 82.1 cm³/mol. The molecular weight excluding hydrogens is 324 g/mol. The minimum absolute atomic E-state index is 0.207. The van der Waals surface area contributed by atoms with E-state index in [1.807, 2.05) is 0 Å². The van der Waals surface area contributed by atoms with E-state index in [0.29, 0.717) is 5.69 Å². The maximum atomic E-state index is 12.0. The van der Waals surface area contributed by atoms with Crippen LogP contribution in [0, 0.1) is 11.3 Å². The van der Waals surface area contributed by atoms with Gasteiger partial charge in [0, 0.05) is 5.69 Å². The minimum atomic E-state index is -3.62. The van der Waals surface area contributed by atoms with E-state index in [9.17, 15) is 13.2 Å². The van der Waals surface area contributed by atoms with Crippen molar-refractivity contribution in [2.24, 2.45) is 0 Å². The molecule has 0 fully saturated rings. The van der Waals surface area contributed by atoms with Gasteiger partial charge in [-0.3, -0.25) is 4.72 Å². The summed E-state index contributed by atoms with van der Waals surface area (Å²) in [5, 5.41) is 10.3. The van der Waals surface area contributed by atoms with Crippen LogP contribution in [0.1, 0.15) is 17.3 Å². The average molecular weight is 336 g/mol. The average Bonchev–Trinajstić information content (AvgIpc) is 3.02. The van der Waals surface area contributed by atoms with Gasteiger partial charge < -0.3 is 4.74 Å². The Hall–Kier alpha value is -2.37. The normalized spacial score (nSPS) is 12.2. The van der Waals surface area contributed by atoms with Crippen LogP contribution in [0.4, 0.5) is 5.69 Å². The predicted octanol–water partition coefficient (Wildman–Crippen LogP) is 2.62. The highest BCUT2D eigenvalue weighted by Crippen LogP contribution is 2.20. The molecule has 2 aromatic rings. The zero-order chi connectivity index (χ0) is 16.2. The van der Waals surface area contributed by atoms with Gasteiger partial charge in [0.2, 0.25) is 0 Å². The number of nitrogens with zero attached hydrogens (tertiary/aromatic N) is 1. The molecule has 0 unspecified atom stereocenters. The smallest absolute Gasteiger partial charge is 0.339 e. The second-order valence-electron chi connectivity index (χ2n) is 4.29. The molecule has 1 heterocycles. The third-order valence-electron chi connectivity index (χ3n) is 2.60. The van der Waals surface area contributed by atoms with Gasteiger partial charge in [-0.15, -0.1) is 11.3 Å². The highest BCUT2D eigenvalue weighted by Gasteiger charge is 2.16. The first-order chi connectivity index (χ1) is 10.4. The summed E-state index contributed by atoms with van der Waals surface area (Å²) in [5.74, 6) is -0.637. The Bertz CT molecular complexity index is 790. The van der Waals surface area contributed by atoms with Crippen LogP contribution in [0.2, 0.25) is 0 Å². The van der Waals surface area contributed by atoms with E-state index in [1.54, 1.807) is 17.5 Å². The largest absolute Gasteiger partial charge is 0.444 e. The highest BCUT2D eigenvalue weighted by molar-refractivity contribution is 7.94. The molecule has 1 atom stereocenters. The molecule has 114 valence electrons. The number of rotatable bonds is 5. The molecule has 1 aromatic carbocycles. The van der Waals surface area contributed by atoms with Crippen LogP contribution in [0.25, 0.3) is 0 Å². The molecule has 0 radical (unpaired) electrons. The van der Waals surface area contributed by atoms with E-state index in [0.717, 1.165) is 11.3 Å². The number of nitrogens with one attached hydrogen (secondary N) is 1. The monoisotopic (exact) mass is 336 g/mol. The standard InChI is InChI=1S/C14H12N2O4S2/c1-10(9-15)20-14(17)11-4-6-12(7-5-11)16-22(18,19)13-3-2-8-21-13/h2-8,10,16H,1H3/t10-/m1/s1. The van der Waals surface area contributed by atoms with Crippen molar-refractivity contribution in [3.8, 4) is 6.07 Å². The maximum Gasteiger partial charge on any atom is 0.339 e. The quantitative estimate of drug-likeness (QED) is 0.847. The topological polar surface area (TPSA) is 96.3 Å². The van der Waals surface area contributed by atoms with Crippen LogP contribution in [-0.4, -0.2) is 20.5 Å². The number of carbonyl (C=O) groups excluding carboxylic acids is 1. The van der Waals surface area contributed by atoms with Gasteiger partial charge in [0.1, 0.15) is 10.3 Å². The Morgan fingerprint density at radius 3 is 2.55 bits per heavy atom. The maximum absolute atomic E-state index is 12.0. The summed E-state index contributed by atoms with van der Waals surface area (Å²) in [4.78, 5) is 11.7. The first-order valence-electron chi connectivity index (χ1n) is 6.19. The highest BCUT2D eigenvalue weighted by atomic mass is 32.2. The van der Waals surface area contributed by atoms with Crippen LogP contribution in [0.15, 0.2) is 46.0 Å². The van der Waals surface area contributed by atoms with Gasteiger partial charge in [-0.2, -0.15) is 5.26 Å². The lowest BCUT2D eigenvalue weighted by Crippen LogP contribution is -2.14. The van der Waals surface area contributed by atoms with Crippen LogP contribution in [0.5, 0.6) is 0 Å². The van der Waals surface area contributed by atoms with E-state index < -0.39 is 22.1 Å². The van der Waals surface area contributed by atoms with Crippen molar-refractivity contribution in [1.82, 2.24) is 0 Å². The molecule has 0 aliphatic carbocycles. The molecule has 0 spiro atoms. The summed E-state index contributed by atoms with van der Waals surface area (Å²) in [7, 11) is -3.62. The number of hydrogen-bond donors (Lipinski definition) is 1. The number of benzene rings is 1. The van der Waals surface area contributed by atoms with E-state index >= 15 is 0 Å². The molecule has 0 aliphatic heterocycles. The van der Waals surface area contributed by atoms with Gasteiger partial charge in [0.25, 0.3) is 10.0 Å². The summed E-state index contributed by atoms with van der Waals surface area (Å²) in [6, 6.07) is 10.7. The number of carbonyl (C=O) groups is 1. The van der Waals surface area contributed by atoms with Crippen LogP contribution >= 0.6 is 11.3 Å². The van der Waals surface area contributed by atoms with Crippen molar-refractivity contribution < 1.29 is 17.9 Å². The van der Waals surface area contributed by atoms with Crippen molar-refractivity contribution in [1.29, 1.82) is 5.26 Å². The molecule has 0 bridgehead atoms. The molecule has 0 aliphatic rings. The molecule has 0 amide bonds. The van der Waals surface area contributed by atoms with Crippen molar-refractivity contribution in [3.05, 3.63) is 47.3 Å². The van der Waals surface area contributed by atoms with E-state index in [1.165, 1.54) is 37.3 Å². The molecule has 1 N–H and O–H groups in total. The molecule has 0 saturated carbocycles. The molecule has 0 saturated heterocycles. The Morgan fingerprint density at radius 1 is 1.32 bits per heavy atom. The van der Waals surface area contributed by atoms with Crippen molar-refractivity contribution in [2.75, 3.05) is 4.72 Å². The lowest BCUT2D eigenvalue weighted by atomic mass is 10.2. The molecule has 6 nitrogen and oxygen atoms in total. The van der Waals surface area contributed by atoms with Gasteiger partial charge in [0.15, 0.2) is 6.10 Å². The molecule has 2 rings (SSSR count). The Labute approximate surface area is 132 Å². The fourth-order valence-electron chi connectivity index (χ4n) is 1.55. The Morgan fingerprint density at radius 2 is 2.00 bits per heavy atom. The van der Waals surface area contributed by atoms with Gasteiger partial charge in [-0.05, 0) is 42.6 Å². The summed E-state index contributed by atoms with van der Waals surface area (Å²) in [6.07, 6.45) is -0.843. The van der Waals surface area contributed by atoms with Crippen molar-refractivity contribution >= 4 is 33.0 Å². The third-order valence-corrected chi connectivity index (χ3v) is 5.38. The van der Waals surface area contributed by atoms with Crippen molar-refractivity contribution in [2.45, 2.75) is 17.2 Å². The number of thiophene rings is 1. The zero-order valence-corrected chi connectivity index (χ0v) is 13.1. The molecule has 22 heavy (non-hydrogen) atoms.